The standard InChI is InChI=1S/C17H18O3/c18-16-9-7-14-12-13(6-8-15(14)16)4-3-11-20-17-5-1-2-10-19-17/h6,8,12,17H,1-2,5,7,9-11H2. The minimum atomic E-state index is -0.0873. The minimum Gasteiger partial charge on any atom is -0.353 e. The topological polar surface area (TPSA) is 35.5 Å². The molecule has 1 aliphatic carbocycles. The van der Waals surface area contributed by atoms with Crippen molar-refractivity contribution >= 4 is 5.78 Å². The molecular weight excluding hydrogens is 252 g/mol. The Morgan fingerprint density at radius 3 is 3.10 bits per heavy atom. The molecule has 3 nitrogen and oxygen atoms in total. The van der Waals surface area contributed by atoms with Crippen LogP contribution in [0.1, 0.15) is 47.2 Å². The van der Waals surface area contributed by atoms with Crippen molar-refractivity contribution in [3.8, 4) is 11.8 Å². The quantitative estimate of drug-likeness (QED) is 0.775. The van der Waals surface area contributed by atoms with Gasteiger partial charge in [-0.2, -0.15) is 0 Å². The van der Waals surface area contributed by atoms with Crippen molar-refractivity contribution in [2.75, 3.05) is 13.2 Å². The number of fused-ring (bicyclic) bond motifs is 1. The van der Waals surface area contributed by atoms with Crippen molar-refractivity contribution in [3.63, 3.8) is 0 Å². The molecule has 1 heterocycles. The SMILES string of the molecule is O=C1CCc2cc(C#CCOC3CCCCO3)ccc21. The zero-order valence-corrected chi connectivity index (χ0v) is 11.5. The molecule has 0 bridgehead atoms. The van der Waals surface area contributed by atoms with E-state index in [1.54, 1.807) is 0 Å². The Morgan fingerprint density at radius 1 is 1.30 bits per heavy atom. The largest absolute Gasteiger partial charge is 0.353 e. The number of rotatable bonds is 2. The van der Waals surface area contributed by atoms with Crippen LogP contribution in [0.3, 0.4) is 0 Å². The highest BCUT2D eigenvalue weighted by Gasteiger charge is 2.18. The Kier molecular flexibility index (Phi) is 4.15. The van der Waals surface area contributed by atoms with Crippen LogP contribution in [-0.4, -0.2) is 25.3 Å². The van der Waals surface area contributed by atoms with Gasteiger partial charge in [0.15, 0.2) is 12.1 Å². The molecule has 1 unspecified atom stereocenters. The van der Waals surface area contributed by atoms with Crippen molar-refractivity contribution in [2.24, 2.45) is 0 Å². The molecule has 1 aliphatic heterocycles. The summed E-state index contributed by atoms with van der Waals surface area (Å²) in [7, 11) is 0. The first kappa shape index (κ1) is 13.4. The fourth-order valence-electron chi connectivity index (χ4n) is 2.65. The van der Waals surface area contributed by atoms with Gasteiger partial charge in [0.25, 0.3) is 0 Å². The highest BCUT2D eigenvalue weighted by molar-refractivity contribution is 6.00. The summed E-state index contributed by atoms with van der Waals surface area (Å²) in [6.45, 7) is 1.18. The zero-order chi connectivity index (χ0) is 13.8. The number of carbonyl (C=O) groups is 1. The highest BCUT2D eigenvalue weighted by Crippen LogP contribution is 2.22. The second-order valence-electron chi connectivity index (χ2n) is 5.20. The summed E-state index contributed by atoms with van der Waals surface area (Å²) in [4.78, 5) is 11.5. The number of carbonyl (C=O) groups excluding carboxylic acids is 1. The number of hydrogen-bond donors (Lipinski definition) is 0. The van der Waals surface area contributed by atoms with E-state index in [1.165, 1.54) is 0 Å². The van der Waals surface area contributed by atoms with E-state index in [0.717, 1.165) is 49.0 Å². The van der Waals surface area contributed by atoms with Crippen LogP contribution in [0.15, 0.2) is 18.2 Å². The van der Waals surface area contributed by atoms with E-state index >= 15 is 0 Å². The number of benzene rings is 1. The number of ketones is 1. The third-order valence-electron chi connectivity index (χ3n) is 3.74. The Labute approximate surface area is 119 Å². The van der Waals surface area contributed by atoms with Gasteiger partial charge in [-0.3, -0.25) is 4.79 Å². The molecule has 20 heavy (non-hydrogen) atoms. The van der Waals surface area contributed by atoms with Crippen molar-refractivity contribution < 1.29 is 14.3 Å². The number of ether oxygens (including phenoxy) is 2. The normalized spacial score (nSPS) is 21.2. The van der Waals surface area contributed by atoms with Crippen LogP contribution < -0.4 is 0 Å². The van der Waals surface area contributed by atoms with E-state index < -0.39 is 0 Å². The van der Waals surface area contributed by atoms with Crippen LogP contribution in [0.2, 0.25) is 0 Å². The van der Waals surface area contributed by atoms with Crippen molar-refractivity contribution in [1.29, 1.82) is 0 Å². The smallest absolute Gasteiger partial charge is 0.163 e. The fourth-order valence-corrected chi connectivity index (χ4v) is 2.65. The van der Waals surface area contributed by atoms with Crippen LogP contribution in [0.25, 0.3) is 0 Å². The van der Waals surface area contributed by atoms with Crippen LogP contribution in [0, 0.1) is 11.8 Å². The lowest BCUT2D eigenvalue weighted by Gasteiger charge is -2.21. The van der Waals surface area contributed by atoms with Gasteiger partial charge in [0.1, 0.15) is 6.61 Å². The van der Waals surface area contributed by atoms with Gasteiger partial charge in [-0.1, -0.05) is 11.8 Å². The van der Waals surface area contributed by atoms with Gasteiger partial charge in [-0.15, -0.1) is 0 Å². The first-order valence-electron chi connectivity index (χ1n) is 7.21. The molecule has 0 aromatic heterocycles. The highest BCUT2D eigenvalue weighted by atomic mass is 16.7. The molecule has 1 aromatic rings. The summed E-state index contributed by atoms with van der Waals surface area (Å²) in [5, 5.41) is 0. The van der Waals surface area contributed by atoms with E-state index in [0.29, 0.717) is 13.0 Å². The van der Waals surface area contributed by atoms with E-state index in [9.17, 15) is 4.79 Å². The summed E-state index contributed by atoms with van der Waals surface area (Å²) in [5.41, 5.74) is 2.94. The minimum absolute atomic E-state index is 0.0873. The second-order valence-corrected chi connectivity index (χ2v) is 5.20. The van der Waals surface area contributed by atoms with E-state index in [4.69, 9.17) is 9.47 Å². The maximum Gasteiger partial charge on any atom is 0.163 e. The molecule has 0 radical (unpaired) electrons. The monoisotopic (exact) mass is 270 g/mol. The Hall–Kier alpha value is -1.63. The van der Waals surface area contributed by atoms with Crippen molar-refractivity contribution in [1.82, 2.24) is 0 Å². The molecule has 0 saturated carbocycles. The van der Waals surface area contributed by atoms with E-state index in [1.807, 2.05) is 18.2 Å². The van der Waals surface area contributed by atoms with Gasteiger partial charge in [-0.05, 0) is 49.4 Å². The number of aryl methyl sites for hydroxylation is 1. The predicted octanol–water partition coefficient (Wildman–Crippen LogP) is 2.71. The summed E-state index contributed by atoms with van der Waals surface area (Å²) in [6.07, 6.45) is 4.64. The van der Waals surface area contributed by atoms with Gasteiger partial charge in [-0.25, -0.2) is 0 Å². The van der Waals surface area contributed by atoms with Crippen LogP contribution in [0.4, 0.5) is 0 Å². The summed E-state index contributed by atoms with van der Waals surface area (Å²) < 4.78 is 11.0. The third-order valence-corrected chi connectivity index (χ3v) is 3.74. The molecule has 0 amide bonds. The second kappa shape index (κ2) is 6.21. The molecule has 1 aromatic carbocycles. The lowest BCUT2D eigenvalue weighted by Crippen LogP contribution is -2.22. The first-order chi connectivity index (χ1) is 9.83. The Morgan fingerprint density at radius 2 is 2.25 bits per heavy atom. The van der Waals surface area contributed by atoms with Crippen LogP contribution in [0.5, 0.6) is 0 Å². The maximum atomic E-state index is 11.5. The molecule has 104 valence electrons. The predicted molar refractivity (Wildman–Crippen MR) is 75.5 cm³/mol. The van der Waals surface area contributed by atoms with Crippen molar-refractivity contribution in [3.05, 3.63) is 34.9 Å². The number of hydrogen-bond acceptors (Lipinski definition) is 3. The fraction of sp³-hybridized carbons (Fsp3) is 0.471. The van der Waals surface area contributed by atoms with Gasteiger partial charge < -0.3 is 9.47 Å². The Balaban J connectivity index is 1.56. The van der Waals surface area contributed by atoms with E-state index in [-0.39, 0.29) is 12.1 Å². The lowest BCUT2D eigenvalue weighted by atomic mass is 10.1. The molecule has 3 heteroatoms. The van der Waals surface area contributed by atoms with Crippen LogP contribution >= 0.6 is 0 Å². The summed E-state index contributed by atoms with van der Waals surface area (Å²) >= 11 is 0. The molecule has 0 N–H and O–H groups in total. The molecule has 3 rings (SSSR count). The molecule has 2 aliphatic rings. The molecule has 1 fully saturated rings. The number of Topliss-reactive ketones (excluding diaryl/α,β-unsaturated/α-hetero) is 1. The van der Waals surface area contributed by atoms with Crippen LogP contribution in [-0.2, 0) is 15.9 Å². The first-order valence-corrected chi connectivity index (χ1v) is 7.21. The van der Waals surface area contributed by atoms with Gasteiger partial charge >= 0.3 is 0 Å². The Bertz CT molecular complexity index is 559. The molecular formula is C17H18O3. The average molecular weight is 270 g/mol. The maximum absolute atomic E-state index is 11.5. The van der Waals surface area contributed by atoms with Gasteiger partial charge in [0, 0.05) is 24.2 Å². The summed E-state index contributed by atoms with van der Waals surface area (Å²) in [6, 6.07) is 5.82. The average Bonchev–Trinajstić information content (AvgIpc) is 2.86. The molecule has 0 spiro atoms. The van der Waals surface area contributed by atoms with Gasteiger partial charge in [0.05, 0.1) is 0 Å². The lowest BCUT2D eigenvalue weighted by molar-refractivity contribution is -0.154. The van der Waals surface area contributed by atoms with E-state index in [2.05, 4.69) is 11.8 Å². The van der Waals surface area contributed by atoms with Gasteiger partial charge in [0.2, 0.25) is 0 Å². The molecule has 1 saturated heterocycles. The zero-order valence-electron chi connectivity index (χ0n) is 11.5. The van der Waals surface area contributed by atoms with Crippen molar-refractivity contribution in [2.45, 2.75) is 38.4 Å². The third kappa shape index (κ3) is 3.09. The molecule has 1 atom stereocenters. The summed E-state index contributed by atoms with van der Waals surface area (Å²) in [5.74, 6) is 6.35.